The molecule has 8 heavy (non-hydrogen) atoms. The third kappa shape index (κ3) is 1.18. The van der Waals surface area contributed by atoms with E-state index in [4.69, 9.17) is 10.2 Å². The van der Waals surface area contributed by atoms with Gasteiger partial charge >= 0.3 is 0 Å². The quantitative estimate of drug-likeness (QED) is 0.437. The van der Waals surface area contributed by atoms with E-state index in [2.05, 4.69) is 5.32 Å². The van der Waals surface area contributed by atoms with Crippen LogP contribution in [0, 0.1) is 0 Å². The molecule has 48 valence electrons. The maximum absolute atomic E-state index is 8.65. The van der Waals surface area contributed by atoms with Crippen LogP contribution in [0.15, 0.2) is 0 Å². The molecule has 0 aromatic rings. The predicted octanol–water partition coefficient (Wildman–Crippen LogP) is -0.951. The van der Waals surface area contributed by atoms with Gasteiger partial charge in [0.25, 0.3) is 0 Å². The summed E-state index contributed by atoms with van der Waals surface area (Å²) >= 11 is 0. The first kappa shape index (κ1) is 6.01. The standard InChI is InChI=1S/C5H11NO2/c7-2-1-4-3-5(8)6-4/h4-8H,1-3H2/t4-,5?/m1/s1. The van der Waals surface area contributed by atoms with Crippen LogP contribution in [0.4, 0.5) is 0 Å². The summed E-state index contributed by atoms with van der Waals surface area (Å²) in [5.41, 5.74) is 0. The first-order valence-electron chi connectivity index (χ1n) is 2.88. The van der Waals surface area contributed by atoms with Crippen molar-refractivity contribution < 1.29 is 10.2 Å². The Hall–Kier alpha value is -0.120. The summed E-state index contributed by atoms with van der Waals surface area (Å²) < 4.78 is 0. The zero-order chi connectivity index (χ0) is 5.98. The SMILES string of the molecule is OCC[C@@H]1CC(O)N1. The van der Waals surface area contributed by atoms with E-state index in [1.807, 2.05) is 0 Å². The van der Waals surface area contributed by atoms with Gasteiger partial charge in [-0.1, -0.05) is 0 Å². The molecule has 1 heterocycles. The molecule has 0 aromatic carbocycles. The Kier molecular flexibility index (Phi) is 1.83. The first-order chi connectivity index (χ1) is 3.83. The lowest BCUT2D eigenvalue weighted by Crippen LogP contribution is -2.52. The van der Waals surface area contributed by atoms with E-state index in [0.717, 1.165) is 12.8 Å². The lowest BCUT2D eigenvalue weighted by atomic mass is 10.0. The zero-order valence-electron chi connectivity index (χ0n) is 4.67. The highest BCUT2D eigenvalue weighted by Gasteiger charge is 2.24. The van der Waals surface area contributed by atoms with Gasteiger partial charge in [0.05, 0.1) is 0 Å². The van der Waals surface area contributed by atoms with Gasteiger partial charge in [-0.15, -0.1) is 0 Å². The molecule has 0 spiro atoms. The summed E-state index contributed by atoms with van der Waals surface area (Å²) in [6.45, 7) is 0.213. The lowest BCUT2D eigenvalue weighted by molar-refractivity contribution is 0.0254. The molecule has 3 N–H and O–H groups in total. The van der Waals surface area contributed by atoms with E-state index >= 15 is 0 Å². The van der Waals surface area contributed by atoms with Gasteiger partial charge in [0.15, 0.2) is 0 Å². The highest BCUT2D eigenvalue weighted by molar-refractivity contribution is 4.80. The second-order valence-corrected chi connectivity index (χ2v) is 2.13. The van der Waals surface area contributed by atoms with Crippen molar-refractivity contribution in [3.05, 3.63) is 0 Å². The molecule has 0 amide bonds. The summed E-state index contributed by atoms with van der Waals surface area (Å²) in [5.74, 6) is 0. The van der Waals surface area contributed by atoms with Crippen molar-refractivity contribution in [1.29, 1.82) is 0 Å². The van der Waals surface area contributed by atoms with Crippen molar-refractivity contribution >= 4 is 0 Å². The normalized spacial score (nSPS) is 36.8. The molecule has 3 nitrogen and oxygen atoms in total. The van der Waals surface area contributed by atoms with E-state index < -0.39 is 0 Å². The summed E-state index contributed by atoms with van der Waals surface area (Å²) in [6.07, 6.45) is 1.24. The fraction of sp³-hybridized carbons (Fsp3) is 1.00. The van der Waals surface area contributed by atoms with E-state index in [9.17, 15) is 0 Å². The van der Waals surface area contributed by atoms with E-state index in [-0.39, 0.29) is 12.8 Å². The number of aliphatic hydroxyl groups is 2. The molecule has 0 aromatic heterocycles. The predicted molar refractivity (Wildman–Crippen MR) is 29.3 cm³/mol. The average Bonchev–Trinajstić information content (AvgIpc) is 1.64. The Balaban J connectivity index is 1.98. The highest BCUT2D eigenvalue weighted by Crippen LogP contribution is 2.10. The third-order valence-electron chi connectivity index (χ3n) is 1.41. The van der Waals surface area contributed by atoms with Crippen LogP contribution in [0.5, 0.6) is 0 Å². The minimum absolute atomic E-state index is 0.213. The van der Waals surface area contributed by atoms with Gasteiger partial charge < -0.3 is 10.2 Å². The fourth-order valence-electron chi connectivity index (χ4n) is 0.874. The van der Waals surface area contributed by atoms with Crippen molar-refractivity contribution in [3.63, 3.8) is 0 Å². The molecular weight excluding hydrogens is 106 g/mol. The van der Waals surface area contributed by atoms with E-state index in [0.29, 0.717) is 6.04 Å². The van der Waals surface area contributed by atoms with Gasteiger partial charge in [-0.2, -0.15) is 0 Å². The van der Waals surface area contributed by atoms with Crippen molar-refractivity contribution in [2.75, 3.05) is 6.61 Å². The molecule has 1 aliphatic heterocycles. The largest absolute Gasteiger partial charge is 0.396 e. The zero-order valence-corrected chi connectivity index (χ0v) is 4.67. The first-order valence-corrected chi connectivity index (χ1v) is 2.88. The molecule has 3 heteroatoms. The summed E-state index contributed by atoms with van der Waals surface area (Å²) in [6, 6.07) is 0.356. The molecule has 0 aliphatic carbocycles. The summed E-state index contributed by atoms with van der Waals surface area (Å²) in [4.78, 5) is 0. The molecule has 1 fully saturated rings. The van der Waals surface area contributed by atoms with Gasteiger partial charge in [0.1, 0.15) is 6.23 Å². The van der Waals surface area contributed by atoms with E-state index in [1.165, 1.54) is 0 Å². The Labute approximate surface area is 48.3 Å². The van der Waals surface area contributed by atoms with Crippen LogP contribution in [0.25, 0.3) is 0 Å². The van der Waals surface area contributed by atoms with Crippen LogP contribution >= 0.6 is 0 Å². The van der Waals surface area contributed by atoms with Crippen LogP contribution < -0.4 is 5.32 Å². The molecule has 0 radical (unpaired) electrons. The van der Waals surface area contributed by atoms with Crippen molar-refractivity contribution in [2.24, 2.45) is 0 Å². The maximum Gasteiger partial charge on any atom is 0.106 e. The minimum Gasteiger partial charge on any atom is -0.396 e. The van der Waals surface area contributed by atoms with Gasteiger partial charge in [0, 0.05) is 19.1 Å². The second-order valence-electron chi connectivity index (χ2n) is 2.13. The summed E-state index contributed by atoms with van der Waals surface area (Å²) in [5, 5.41) is 19.9. The number of rotatable bonds is 2. The topological polar surface area (TPSA) is 52.5 Å². The van der Waals surface area contributed by atoms with Gasteiger partial charge in [-0.3, -0.25) is 5.32 Å². The van der Waals surface area contributed by atoms with Crippen LogP contribution in [0.2, 0.25) is 0 Å². The Morgan fingerprint density at radius 3 is 2.62 bits per heavy atom. The third-order valence-corrected chi connectivity index (χ3v) is 1.41. The second kappa shape index (κ2) is 2.44. The highest BCUT2D eigenvalue weighted by atomic mass is 16.3. The van der Waals surface area contributed by atoms with Crippen LogP contribution in [-0.4, -0.2) is 29.1 Å². The van der Waals surface area contributed by atoms with E-state index in [1.54, 1.807) is 0 Å². The molecule has 1 aliphatic rings. The lowest BCUT2D eigenvalue weighted by Gasteiger charge is -2.32. The van der Waals surface area contributed by atoms with Crippen molar-refractivity contribution in [2.45, 2.75) is 25.1 Å². The van der Waals surface area contributed by atoms with Gasteiger partial charge in [0.2, 0.25) is 0 Å². The monoisotopic (exact) mass is 117 g/mol. The molecule has 0 saturated carbocycles. The minimum atomic E-state index is -0.313. The maximum atomic E-state index is 8.65. The molecule has 0 bridgehead atoms. The van der Waals surface area contributed by atoms with Crippen molar-refractivity contribution in [1.82, 2.24) is 5.32 Å². The Morgan fingerprint density at radius 1 is 1.62 bits per heavy atom. The van der Waals surface area contributed by atoms with Gasteiger partial charge in [-0.25, -0.2) is 0 Å². The number of hydrogen-bond acceptors (Lipinski definition) is 3. The molecule has 1 saturated heterocycles. The Morgan fingerprint density at radius 2 is 2.25 bits per heavy atom. The van der Waals surface area contributed by atoms with Crippen LogP contribution in [-0.2, 0) is 0 Å². The molecule has 2 atom stereocenters. The Bertz CT molecular complexity index is 68.1. The number of aliphatic hydroxyl groups excluding tert-OH is 2. The average molecular weight is 117 g/mol. The molecule has 1 unspecified atom stereocenters. The smallest absolute Gasteiger partial charge is 0.106 e. The fourth-order valence-corrected chi connectivity index (χ4v) is 0.874. The molecule has 1 rings (SSSR count). The van der Waals surface area contributed by atoms with Crippen LogP contribution in [0.1, 0.15) is 12.8 Å². The van der Waals surface area contributed by atoms with Crippen LogP contribution in [0.3, 0.4) is 0 Å². The van der Waals surface area contributed by atoms with Crippen molar-refractivity contribution in [3.8, 4) is 0 Å². The number of hydrogen-bond donors (Lipinski definition) is 3. The summed E-state index contributed by atoms with van der Waals surface area (Å²) in [7, 11) is 0. The molecular formula is C5H11NO2. The number of nitrogens with one attached hydrogen (secondary N) is 1. The van der Waals surface area contributed by atoms with Gasteiger partial charge in [-0.05, 0) is 6.42 Å².